The van der Waals surface area contributed by atoms with Crippen molar-refractivity contribution in [1.29, 1.82) is 0 Å². The van der Waals surface area contributed by atoms with Gasteiger partial charge >= 0.3 is 6.18 Å². The number of ether oxygens (including phenoxy) is 1. The van der Waals surface area contributed by atoms with Gasteiger partial charge in [0.25, 0.3) is 0 Å². The number of rotatable bonds is 2. The van der Waals surface area contributed by atoms with Crippen LogP contribution in [0.4, 0.5) is 13.2 Å². The average Bonchev–Trinajstić information content (AvgIpc) is 2.09. The normalized spacial score (nSPS) is 11.6. The topological polar surface area (TPSA) is 9.23 Å². The molecule has 0 amide bonds. The lowest BCUT2D eigenvalue weighted by atomic mass is 10.2. The van der Waals surface area contributed by atoms with E-state index in [1.165, 1.54) is 12.1 Å². The second-order valence-corrected chi connectivity index (χ2v) is 3.73. The maximum absolute atomic E-state index is 11.8. The van der Waals surface area contributed by atoms with Crippen LogP contribution in [0.3, 0.4) is 0 Å². The number of benzene rings is 1. The summed E-state index contributed by atoms with van der Waals surface area (Å²) in [5.41, 5.74) is 0.609. The largest absolute Gasteiger partial charge is 0.484 e. The molecule has 1 nitrogen and oxygen atoms in total. The van der Waals surface area contributed by atoms with E-state index in [9.17, 15) is 13.2 Å². The Morgan fingerprint density at radius 2 is 1.67 bits per heavy atom. The number of alkyl halides is 3. The van der Waals surface area contributed by atoms with Gasteiger partial charge in [-0.15, -0.1) is 0 Å². The highest BCUT2D eigenvalue weighted by Crippen LogP contribution is 2.30. The van der Waals surface area contributed by atoms with Crippen LogP contribution in [0.1, 0.15) is 5.56 Å². The molecule has 0 bridgehead atoms. The molecule has 1 aromatic rings. The molecular formula is C9H7Cl2F3O. The molecule has 0 unspecified atom stereocenters. The fourth-order valence-electron chi connectivity index (χ4n) is 0.871. The van der Waals surface area contributed by atoms with Crippen LogP contribution < -0.4 is 4.74 Å². The Bertz CT molecular complexity index is 340. The zero-order chi connectivity index (χ0) is 11.6. The van der Waals surface area contributed by atoms with E-state index in [1.54, 1.807) is 6.92 Å². The van der Waals surface area contributed by atoms with E-state index < -0.39 is 12.8 Å². The molecular weight excluding hydrogens is 252 g/mol. The molecule has 0 aliphatic rings. The highest BCUT2D eigenvalue weighted by molar-refractivity contribution is 6.36. The first kappa shape index (κ1) is 12.5. The van der Waals surface area contributed by atoms with E-state index in [1.807, 2.05) is 0 Å². The highest BCUT2D eigenvalue weighted by Gasteiger charge is 2.28. The SMILES string of the molecule is Cc1c(Cl)cc(OCC(F)(F)F)cc1Cl. The number of hydrogen-bond acceptors (Lipinski definition) is 1. The highest BCUT2D eigenvalue weighted by atomic mass is 35.5. The molecule has 0 spiro atoms. The summed E-state index contributed by atoms with van der Waals surface area (Å²) in [5.74, 6) is 0.00734. The standard InChI is InChI=1S/C9H7Cl2F3O/c1-5-7(10)2-6(3-8(5)11)15-4-9(12,13)14/h2-3H,4H2,1H3. The van der Waals surface area contributed by atoms with Crippen LogP contribution in [-0.4, -0.2) is 12.8 Å². The van der Waals surface area contributed by atoms with Crippen LogP contribution in [0.5, 0.6) is 5.75 Å². The molecule has 0 aliphatic heterocycles. The third kappa shape index (κ3) is 3.80. The Kier molecular flexibility index (Phi) is 3.73. The van der Waals surface area contributed by atoms with E-state index in [2.05, 4.69) is 4.74 Å². The van der Waals surface area contributed by atoms with Crippen LogP contribution in [0.2, 0.25) is 10.0 Å². The molecule has 84 valence electrons. The maximum atomic E-state index is 11.8. The van der Waals surface area contributed by atoms with Crippen molar-refractivity contribution < 1.29 is 17.9 Å². The summed E-state index contributed by atoms with van der Waals surface area (Å²) in [6.45, 7) is 0.306. The summed E-state index contributed by atoms with van der Waals surface area (Å²) in [7, 11) is 0. The minimum Gasteiger partial charge on any atom is -0.484 e. The lowest BCUT2D eigenvalue weighted by Gasteiger charge is -2.10. The lowest BCUT2D eigenvalue weighted by molar-refractivity contribution is -0.153. The first-order valence-electron chi connectivity index (χ1n) is 3.95. The molecule has 0 heterocycles. The van der Waals surface area contributed by atoms with E-state index >= 15 is 0 Å². The summed E-state index contributed by atoms with van der Waals surface area (Å²) in [4.78, 5) is 0. The van der Waals surface area contributed by atoms with E-state index in [0.717, 1.165) is 0 Å². The molecule has 1 aromatic carbocycles. The average molecular weight is 259 g/mol. The van der Waals surface area contributed by atoms with E-state index in [4.69, 9.17) is 23.2 Å². The van der Waals surface area contributed by atoms with Gasteiger partial charge in [-0.3, -0.25) is 0 Å². The minimum absolute atomic E-state index is 0.00734. The van der Waals surface area contributed by atoms with Gasteiger partial charge in [-0.2, -0.15) is 13.2 Å². The number of halogens is 5. The first-order valence-corrected chi connectivity index (χ1v) is 4.70. The predicted octanol–water partition coefficient (Wildman–Crippen LogP) is 4.24. The molecule has 6 heteroatoms. The van der Waals surface area contributed by atoms with Crippen molar-refractivity contribution in [2.75, 3.05) is 6.61 Å². The quantitative estimate of drug-likeness (QED) is 0.771. The number of hydrogen-bond donors (Lipinski definition) is 0. The van der Waals surface area contributed by atoms with Crippen molar-refractivity contribution in [2.24, 2.45) is 0 Å². The van der Waals surface area contributed by atoms with Gasteiger partial charge in [0.2, 0.25) is 0 Å². The Labute approximate surface area is 94.7 Å². The first-order chi connectivity index (χ1) is 6.79. The van der Waals surface area contributed by atoms with Crippen LogP contribution in [0.15, 0.2) is 12.1 Å². The van der Waals surface area contributed by atoms with Crippen molar-refractivity contribution in [2.45, 2.75) is 13.1 Å². The maximum Gasteiger partial charge on any atom is 0.422 e. The molecule has 0 saturated heterocycles. The van der Waals surface area contributed by atoms with Gasteiger partial charge in [-0.05, 0) is 24.6 Å². The van der Waals surface area contributed by atoms with Gasteiger partial charge in [-0.1, -0.05) is 23.2 Å². The Hall–Kier alpha value is -0.610. The zero-order valence-electron chi connectivity index (χ0n) is 7.66. The Morgan fingerprint density at radius 1 is 1.20 bits per heavy atom. The van der Waals surface area contributed by atoms with E-state index in [0.29, 0.717) is 5.56 Å². The zero-order valence-corrected chi connectivity index (χ0v) is 9.17. The van der Waals surface area contributed by atoms with Gasteiger partial charge in [0, 0.05) is 10.0 Å². The van der Waals surface area contributed by atoms with Crippen molar-refractivity contribution >= 4 is 23.2 Å². The summed E-state index contributed by atoms with van der Waals surface area (Å²) in [6.07, 6.45) is -4.37. The molecule has 15 heavy (non-hydrogen) atoms. The third-order valence-electron chi connectivity index (χ3n) is 1.66. The predicted molar refractivity (Wildman–Crippen MR) is 52.7 cm³/mol. The Morgan fingerprint density at radius 3 is 2.07 bits per heavy atom. The molecule has 0 saturated carbocycles. The smallest absolute Gasteiger partial charge is 0.422 e. The lowest BCUT2D eigenvalue weighted by Crippen LogP contribution is -2.19. The van der Waals surface area contributed by atoms with E-state index in [-0.39, 0.29) is 15.8 Å². The minimum atomic E-state index is -4.37. The van der Waals surface area contributed by atoms with Crippen LogP contribution >= 0.6 is 23.2 Å². The fraction of sp³-hybridized carbons (Fsp3) is 0.333. The fourth-order valence-corrected chi connectivity index (χ4v) is 1.34. The van der Waals surface area contributed by atoms with Crippen LogP contribution in [-0.2, 0) is 0 Å². The second-order valence-electron chi connectivity index (χ2n) is 2.92. The molecule has 0 aromatic heterocycles. The van der Waals surface area contributed by atoms with Crippen molar-refractivity contribution in [3.63, 3.8) is 0 Å². The third-order valence-corrected chi connectivity index (χ3v) is 2.44. The summed E-state index contributed by atoms with van der Waals surface area (Å²) < 4.78 is 40.0. The van der Waals surface area contributed by atoms with Crippen molar-refractivity contribution in [3.8, 4) is 5.75 Å². The molecule has 0 radical (unpaired) electrons. The summed E-state index contributed by atoms with van der Waals surface area (Å²) in [5, 5.41) is 0.555. The van der Waals surface area contributed by atoms with Crippen molar-refractivity contribution in [1.82, 2.24) is 0 Å². The van der Waals surface area contributed by atoms with Gasteiger partial charge in [0.15, 0.2) is 6.61 Å². The molecule has 0 fully saturated rings. The summed E-state index contributed by atoms with van der Waals surface area (Å²) >= 11 is 11.4. The Balaban J connectivity index is 2.80. The van der Waals surface area contributed by atoms with Crippen molar-refractivity contribution in [3.05, 3.63) is 27.7 Å². The van der Waals surface area contributed by atoms with Gasteiger partial charge in [0.05, 0.1) is 0 Å². The molecule has 0 aliphatic carbocycles. The molecule has 0 atom stereocenters. The van der Waals surface area contributed by atoms with Crippen LogP contribution in [0.25, 0.3) is 0 Å². The van der Waals surface area contributed by atoms with Gasteiger partial charge < -0.3 is 4.74 Å². The van der Waals surface area contributed by atoms with Gasteiger partial charge in [0.1, 0.15) is 5.75 Å². The van der Waals surface area contributed by atoms with Crippen LogP contribution in [0, 0.1) is 6.92 Å². The molecule has 0 N–H and O–H groups in total. The molecule has 1 rings (SSSR count). The monoisotopic (exact) mass is 258 g/mol. The summed E-state index contributed by atoms with van der Waals surface area (Å²) in [6, 6.07) is 2.60. The van der Waals surface area contributed by atoms with Gasteiger partial charge in [-0.25, -0.2) is 0 Å². The second kappa shape index (κ2) is 4.49.